The molecule has 222 valence electrons. The van der Waals surface area contributed by atoms with Crippen molar-refractivity contribution in [3.8, 4) is 0 Å². The molecule has 0 atom stereocenters. The Balaban J connectivity index is 1.05. The summed E-state index contributed by atoms with van der Waals surface area (Å²) in [5.74, 6) is 1.50. The van der Waals surface area contributed by atoms with Gasteiger partial charge in [0.25, 0.3) is 5.91 Å². The summed E-state index contributed by atoms with van der Waals surface area (Å²) in [7, 11) is 0. The second kappa shape index (κ2) is 13.6. The number of halogens is 3. The number of carbonyl (C=O) groups is 1. The van der Waals surface area contributed by atoms with Crippen molar-refractivity contribution < 1.29 is 4.79 Å². The van der Waals surface area contributed by atoms with E-state index in [4.69, 9.17) is 39.8 Å². The standard InChI is InChI=1S/C32H31Cl3N6OS/c33-25-7-4-8-26(20-25)38-11-17-41(18-12-38)31(42)24-6-3-5-23(19-24)22-43-32-36-29(35)21-30(37-32)40-15-13-39(14-16-40)28-10-2-1-9-27(28)34/h1-10,19-21H,11-18,22H2. The van der Waals surface area contributed by atoms with Crippen LogP contribution in [-0.2, 0) is 5.75 Å². The minimum atomic E-state index is 0.0508. The molecule has 11 heteroatoms. The first kappa shape index (κ1) is 29.9. The van der Waals surface area contributed by atoms with Gasteiger partial charge in [0, 0.05) is 80.5 Å². The number of benzene rings is 3. The molecule has 0 unspecified atom stereocenters. The lowest BCUT2D eigenvalue weighted by Gasteiger charge is -2.37. The monoisotopic (exact) mass is 652 g/mol. The molecule has 0 N–H and O–H groups in total. The SMILES string of the molecule is O=C(c1cccc(CSc2nc(Cl)cc(N3CCN(c4ccccc4Cl)CC3)n2)c1)N1CCN(c2cccc(Cl)c2)CC1. The quantitative estimate of drug-likeness (QED) is 0.121. The third kappa shape index (κ3) is 7.32. The van der Waals surface area contributed by atoms with Gasteiger partial charge in [-0.05, 0) is 48.0 Å². The molecule has 2 saturated heterocycles. The highest BCUT2D eigenvalue weighted by Crippen LogP contribution is 2.29. The van der Waals surface area contributed by atoms with E-state index in [-0.39, 0.29) is 5.91 Å². The second-order valence-electron chi connectivity index (χ2n) is 10.5. The Morgan fingerprint density at radius 3 is 2.21 bits per heavy atom. The lowest BCUT2D eigenvalue weighted by Crippen LogP contribution is -2.48. The number of para-hydroxylation sites is 1. The van der Waals surface area contributed by atoms with Gasteiger partial charge in [-0.25, -0.2) is 9.97 Å². The average Bonchev–Trinajstić information content (AvgIpc) is 3.04. The highest BCUT2D eigenvalue weighted by molar-refractivity contribution is 7.98. The molecule has 6 rings (SSSR count). The molecule has 1 aromatic heterocycles. The summed E-state index contributed by atoms with van der Waals surface area (Å²) in [5, 5.41) is 2.52. The second-order valence-corrected chi connectivity index (χ2v) is 12.7. The molecule has 43 heavy (non-hydrogen) atoms. The lowest BCUT2D eigenvalue weighted by atomic mass is 10.1. The number of hydrogen-bond donors (Lipinski definition) is 0. The first-order valence-electron chi connectivity index (χ1n) is 14.2. The van der Waals surface area contributed by atoms with E-state index in [0.717, 1.165) is 72.1 Å². The molecule has 7 nitrogen and oxygen atoms in total. The minimum absolute atomic E-state index is 0.0508. The number of carbonyl (C=O) groups excluding carboxylic acids is 1. The zero-order chi connectivity index (χ0) is 29.8. The smallest absolute Gasteiger partial charge is 0.253 e. The predicted octanol–water partition coefficient (Wildman–Crippen LogP) is 7.02. The summed E-state index contributed by atoms with van der Waals surface area (Å²) in [6, 6.07) is 25.4. The summed E-state index contributed by atoms with van der Waals surface area (Å²) in [6.45, 7) is 6.15. The van der Waals surface area contributed by atoms with Crippen molar-refractivity contribution in [3.63, 3.8) is 0 Å². The molecule has 2 aliphatic rings. The summed E-state index contributed by atoms with van der Waals surface area (Å²) in [4.78, 5) is 31.3. The molecular formula is C32H31Cl3N6OS. The van der Waals surface area contributed by atoms with Crippen LogP contribution in [0.3, 0.4) is 0 Å². The van der Waals surface area contributed by atoms with Crippen LogP contribution >= 0.6 is 46.6 Å². The molecule has 1 amide bonds. The van der Waals surface area contributed by atoms with Crippen LogP contribution in [0.4, 0.5) is 17.2 Å². The van der Waals surface area contributed by atoms with Crippen LogP contribution < -0.4 is 14.7 Å². The van der Waals surface area contributed by atoms with Crippen LogP contribution in [0, 0.1) is 0 Å². The van der Waals surface area contributed by atoms with Gasteiger partial charge in [-0.1, -0.05) is 76.9 Å². The maximum absolute atomic E-state index is 13.3. The third-order valence-electron chi connectivity index (χ3n) is 7.74. The maximum atomic E-state index is 13.3. The first-order valence-corrected chi connectivity index (χ1v) is 16.4. The largest absolute Gasteiger partial charge is 0.368 e. The average molecular weight is 654 g/mol. The van der Waals surface area contributed by atoms with Gasteiger partial charge in [-0.15, -0.1) is 0 Å². The van der Waals surface area contributed by atoms with Gasteiger partial charge in [0.2, 0.25) is 0 Å². The number of rotatable bonds is 7. The predicted molar refractivity (Wildman–Crippen MR) is 178 cm³/mol. The van der Waals surface area contributed by atoms with Gasteiger partial charge in [0.15, 0.2) is 5.16 Å². The number of anilines is 3. The topological polar surface area (TPSA) is 55.8 Å². The summed E-state index contributed by atoms with van der Waals surface area (Å²) < 4.78 is 0. The summed E-state index contributed by atoms with van der Waals surface area (Å²) in [6.07, 6.45) is 0. The molecule has 2 fully saturated rings. The Morgan fingerprint density at radius 2 is 1.44 bits per heavy atom. The maximum Gasteiger partial charge on any atom is 0.253 e. The normalized spacial score (nSPS) is 15.6. The van der Waals surface area contributed by atoms with E-state index >= 15 is 0 Å². The third-order valence-corrected chi connectivity index (χ3v) is 9.41. The fourth-order valence-corrected chi connectivity index (χ4v) is 6.93. The van der Waals surface area contributed by atoms with Crippen molar-refractivity contribution in [3.05, 3.63) is 105 Å². The fraction of sp³-hybridized carbons (Fsp3) is 0.281. The van der Waals surface area contributed by atoms with Crippen molar-refractivity contribution in [2.45, 2.75) is 10.9 Å². The number of hydrogen-bond acceptors (Lipinski definition) is 7. The molecule has 4 aromatic rings. The Hall–Kier alpha value is -3.17. The zero-order valence-corrected chi connectivity index (χ0v) is 26.6. The molecular weight excluding hydrogens is 623 g/mol. The molecule has 0 bridgehead atoms. The Bertz CT molecular complexity index is 1590. The number of thioether (sulfide) groups is 1. The van der Waals surface area contributed by atoms with Crippen LogP contribution in [0.1, 0.15) is 15.9 Å². The zero-order valence-electron chi connectivity index (χ0n) is 23.5. The number of aromatic nitrogens is 2. The number of amides is 1. The van der Waals surface area contributed by atoms with Crippen LogP contribution in [0.25, 0.3) is 0 Å². The molecule has 2 aliphatic heterocycles. The first-order chi connectivity index (χ1) is 20.9. The van der Waals surface area contributed by atoms with Gasteiger partial charge in [-0.3, -0.25) is 4.79 Å². The highest BCUT2D eigenvalue weighted by Gasteiger charge is 2.23. The van der Waals surface area contributed by atoms with E-state index < -0.39 is 0 Å². The van der Waals surface area contributed by atoms with Crippen molar-refractivity contribution in [2.75, 3.05) is 67.1 Å². The van der Waals surface area contributed by atoms with E-state index in [1.807, 2.05) is 71.6 Å². The van der Waals surface area contributed by atoms with Gasteiger partial charge in [0.05, 0.1) is 10.7 Å². The molecule has 3 heterocycles. The van der Waals surface area contributed by atoms with Gasteiger partial charge in [-0.2, -0.15) is 0 Å². The van der Waals surface area contributed by atoms with Crippen molar-refractivity contribution >= 4 is 69.7 Å². The van der Waals surface area contributed by atoms with Crippen LogP contribution in [0.15, 0.2) is 84.0 Å². The van der Waals surface area contributed by atoms with Crippen molar-refractivity contribution in [2.24, 2.45) is 0 Å². The summed E-state index contributed by atoms with van der Waals surface area (Å²) in [5.41, 5.74) is 3.87. The molecule has 0 aliphatic carbocycles. The summed E-state index contributed by atoms with van der Waals surface area (Å²) >= 11 is 20.5. The van der Waals surface area contributed by atoms with E-state index in [1.54, 1.807) is 0 Å². The van der Waals surface area contributed by atoms with Crippen LogP contribution in [0.2, 0.25) is 15.2 Å². The Kier molecular flexibility index (Phi) is 9.48. The number of piperazine rings is 2. The van der Waals surface area contributed by atoms with E-state index in [1.165, 1.54) is 11.8 Å². The molecule has 0 saturated carbocycles. The minimum Gasteiger partial charge on any atom is -0.368 e. The van der Waals surface area contributed by atoms with Gasteiger partial charge in [0.1, 0.15) is 11.0 Å². The van der Waals surface area contributed by atoms with Crippen LogP contribution in [-0.4, -0.2) is 73.1 Å². The Labute approximate surface area is 271 Å². The van der Waals surface area contributed by atoms with Gasteiger partial charge < -0.3 is 19.6 Å². The number of nitrogens with zero attached hydrogens (tertiary/aromatic N) is 6. The lowest BCUT2D eigenvalue weighted by molar-refractivity contribution is 0.0746. The van der Waals surface area contributed by atoms with Crippen molar-refractivity contribution in [1.29, 1.82) is 0 Å². The van der Waals surface area contributed by atoms with E-state index in [9.17, 15) is 4.79 Å². The van der Waals surface area contributed by atoms with Gasteiger partial charge >= 0.3 is 0 Å². The fourth-order valence-electron chi connectivity index (χ4n) is 5.46. The Morgan fingerprint density at radius 1 is 0.721 bits per heavy atom. The molecule has 0 radical (unpaired) electrons. The molecule has 3 aromatic carbocycles. The van der Waals surface area contributed by atoms with Crippen LogP contribution in [0.5, 0.6) is 0 Å². The molecule has 0 spiro atoms. The van der Waals surface area contributed by atoms with Crippen molar-refractivity contribution in [1.82, 2.24) is 14.9 Å². The van der Waals surface area contributed by atoms with E-state index in [2.05, 4.69) is 31.8 Å². The van der Waals surface area contributed by atoms with E-state index in [0.29, 0.717) is 34.7 Å². The highest BCUT2D eigenvalue weighted by atomic mass is 35.5.